The summed E-state index contributed by atoms with van der Waals surface area (Å²) in [4.78, 5) is 0.224. The van der Waals surface area contributed by atoms with Crippen molar-refractivity contribution in [3.05, 3.63) is 29.3 Å². The number of hydrogen-bond donors (Lipinski definition) is 1. The van der Waals surface area contributed by atoms with Crippen LogP contribution in [0.25, 0.3) is 0 Å². The fraction of sp³-hybridized carbons (Fsp3) is 0.462. The second-order valence-electron chi connectivity index (χ2n) is 4.83. The van der Waals surface area contributed by atoms with Crippen LogP contribution in [0.5, 0.6) is 0 Å². The zero-order valence-electron chi connectivity index (χ0n) is 10.8. The largest absolute Gasteiger partial charge is 0.328 e. The number of rotatable bonds is 2. The van der Waals surface area contributed by atoms with Crippen molar-refractivity contribution in [1.29, 1.82) is 5.26 Å². The Bertz CT molecular complexity index is 611. The summed E-state index contributed by atoms with van der Waals surface area (Å²) in [5, 5.41) is 8.89. The maximum absolute atomic E-state index is 12.6. The van der Waals surface area contributed by atoms with Crippen molar-refractivity contribution in [1.82, 2.24) is 4.31 Å². The number of benzene rings is 1. The van der Waals surface area contributed by atoms with E-state index in [-0.39, 0.29) is 10.9 Å². The molecule has 1 heterocycles. The molecule has 0 saturated carbocycles. The molecule has 1 aromatic rings. The van der Waals surface area contributed by atoms with E-state index in [9.17, 15) is 8.42 Å². The summed E-state index contributed by atoms with van der Waals surface area (Å²) in [7, 11) is -3.52. The van der Waals surface area contributed by atoms with Gasteiger partial charge in [0.05, 0.1) is 16.5 Å². The third-order valence-electron chi connectivity index (χ3n) is 3.43. The van der Waals surface area contributed by atoms with E-state index in [0.29, 0.717) is 37.1 Å². The minimum atomic E-state index is -3.52. The number of piperidine rings is 1. The molecule has 0 spiro atoms. The maximum atomic E-state index is 12.6. The topological polar surface area (TPSA) is 87.2 Å². The molecule has 6 heteroatoms. The average Bonchev–Trinajstić information content (AvgIpc) is 2.39. The SMILES string of the molecule is Cc1ccc(C#N)cc1S(=O)(=O)N1CCC(N)CC1. The fourth-order valence-corrected chi connectivity index (χ4v) is 3.92. The van der Waals surface area contributed by atoms with Gasteiger partial charge in [-0.3, -0.25) is 0 Å². The van der Waals surface area contributed by atoms with E-state index in [1.54, 1.807) is 19.1 Å². The van der Waals surface area contributed by atoms with Crippen molar-refractivity contribution in [3.63, 3.8) is 0 Å². The van der Waals surface area contributed by atoms with Crippen molar-refractivity contribution in [2.45, 2.75) is 30.7 Å². The minimum Gasteiger partial charge on any atom is -0.328 e. The first kappa shape index (κ1) is 14.0. The van der Waals surface area contributed by atoms with Crippen LogP contribution in [0.4, 0.5) is 0 Å². The lowest BCUT2D eigenvalue weighted by Gasteiger charge is -2.29. The highest BCUT2D eigenvalue weighted by Crippen LogP contribution is 2.23. The molecular formula is C13H17N3O2S. The highest BCUT2D eigenvalue weighted by atomic mass is 32.2. The van der Waals surface area contributed by atoms with E-state index in [1.165, 1.54) is 10.4 Å². The molecule has 5 nitrogen and oxygen atoms in total. The van der Waals surface area contributed by atoms with Crippen LogP contribution >= 0.6 is 0 Å². The molecule has 1 aliphatic heterocycles. The molecule has 102 valence electrons. The zero-order valence-corrected chi connectivity index (χ0v) is 11.7. The lowest BCUT2D eigenvalue weighted by Crippen LogP contribution is -2.42. The van der Waals surface area contributed by atoms with E-state index < -0.39 is 10.0 Å². The van der Waals surface area contributed by atoms with Crippen LogP contribution in [0, 0.1) is 18.3 Å². The predicted octanol–water partition coefficient (Wildman–Crippen LogP) is 0.979. The first-order chi connectivity index (χ1) is 8.95. The molecule has 1 saturated heterocycles. The summed E-state index contributed by atoms with van der Waals surface area (Å²) in [5.74, 6) is 0. The Hall–Kier alpha value is -1.42. The van der Waals surface area contributed by atoms with Crippen LogP contribution in [-0.4, -0.2) is 31.9 Å². The number of nitriles is 1. The molecule has 2 N–H and O–H groups in total. The van der Waals surface area contributed by atoms with Gasteiger partial charge in [-0.2, -0.15) is 9.57 Å². The molecule has 19 heavy (non-hydrogen) atoms. The Morgan fingerprint density at radius 1 is 1.37 bits per heavy atom. The normalized spacial score (nSPS) is 18.2. The van der Waals surface area contributed by atoms with E-state index in [1.807, 2.05) is 6.07 Å². The van der Waals surface area contributed by atoms with Crippen molar-refractivity contribution >= 4 is 10.0 Å². The maximum Gasteiger partial charge on any atom is 0.243 e. The van der Waals surface area contributed by atoms with Crippen molar-refractivity contribution in [3.8, 4) is 6.07 Å². The molecule has 0 bridgehead atoms. The van der Waals surface area contributed by atoms with Gasteiger partial charge in [0.2, 0.25) is 10.0 Å². The fourth-order valence-electron chi connectivity index (χ4n) is 2.20. The molecule has 0 atom stereocenters. The molecular weight excluding hydrogens is 262 g/mol. The summed E-state index contributed by atoms with van der Waals surface area (Å²) in [6, 6.07) is 6.79. The highest BCUT2D eigenvalue weighted by Gasteiger charge is 2.29. The summed E-state index contributed by atoms with van der Waals surface area (Å²) < 4.78 is 26.6. The molecule has 0 radical (unpaired) electrons. The zero-order chi connectivity index (χ0) is 14.0. The molecule has 0 unspecified atom stereocenters. The van der Waals surface area contributed by atoms with Crippen LogP contribution in [0.2, 0.25) is 0 Å². The van der Waals surface area contributed by atoms with Gasteiger partial charge in [-0.25, -0.2) is 8.42 Å². The van der Waals surface area contributed by atoms with Crippen molar-refractivity contribution in [2.75, 3.05) is 13.1 Å². The standard InChI is InChI=1S/C13H17N3O2S/c1-10-2-3-11(9-14)8-13(10)19(17,18)16-6-4-12(15)5-7-16/h2-3,8,12H,4-7,15H2,1H3. The molecule has 1 aromatic carbocycles. The van der Waals surface area contributed by atoms with Gasteiger partial charge in [-0.1, -0.05) is 6.07 Å². The molecule has 1 fully saturated rings. The second-order valence-corrected chi connectivity index (χ2v) is 6.74. The second kappa shape index (κ2) is 5.29. The van der Waals surface area contributed by atoms with Crippen LogP contribution in [-0.2, 0) is 10.0 Å². The van der Waals surface area contributed by atoms with E-state index in [2.05, 4.69) is 0 Å². The Morgan fingerprint density at radius 2 is 2.00 bits per heavy atom. The summed E-state index contributed by atoms with van der Waals surface area (Å²) in [6.45, 7) is 2.63. The first-order valence-electron chi connectivity index (χ1n) is 6.21. The van der Waals surface area contributed by atoms with Crippen molar-refractivity contribution < 1.29 is 8.42 Å². The highest BCUT2D eigenvalue weighted by molar-refractivity contribution is 7.89. The Labute approximate surface area is 113 Å². The number of sulfonamides is 1. The van der Waals surface area contributed by atoms with Gasteiger partial charge in [0.15, 0.2) is 0 Å². The van der Waals surface area contributed by atoms with Crippen LogP contribution in [0.15, 0.2) is 23.1 Å². The number of aryl methyl sites for hydroxylation is 1. The molecule has 0 aromatic heterocycles. The monoisotopic (exact) mass is 279 g/mol. The Morgan fingerprint density at radius 3 is 2.58 bits per heavy atom. The number of nitrogens with two attached hydrogens (primary N) is 1. The summed E-state index contributed by atoms with van der Waals surface area (Å²) >= 11 is 0. The van der Waals surface area contributed by atoms with Gasteiger partial charge in [-0.15, -0.1) is 0 Å². The predicted molar refractivity (Wildman–Crippen MR) is 71.9 cm³/mol. The van der Waals surface area contributed by atoms with Gasteiger partial charge in [-0.05, 0) is 37.5 Å². The number of nitrogens with zero attached hydrogens (tertiary/aromatic N) is 2. The van der Waals surface area contributed by atoms with E-state index >= 15 is 0 Å². The lowest BCUT2D eigenvalue weighted by atomic mass is 10.1. The van der Waals surface area contributed by atoms with Gasteiger partial charge in [0, 0.05) is 19.1 Å². The van der Waals surface area contributed by atoms with Gasteiger partial charge in [0.25, 0.3) is 0 Å². The lowest BCUT2D eigenvalue weighted by molar-refractivity contribution is 0.320. The van der Waals surface area contributed by atoms with Gasteiger partial charge >= 0.3 is 0 Å². The summed E-state index contributed by atoms with van der Waals surface area (Å²) in [5.41, 5.74) is 6.81. The van der Waals surface area contributed by atoms with Crippen LogP contribution < -0.4 is 5.73 Å². The Balaban J connectivity index is 2.37. The smallest absolute Gasteiger partial charge is 0.243 e. The molecule has 1 aliphatic rings. The summed E-state index contributed by atoms with van der Waals surface area (Å²) in [6.07, 6.45) is 1.35. The molecule has 2 rings (SSSR count). The van der Waals surface area contributed by atoms with Crippen molar-refractivity contribution in [2.24, 2.45) is 5.73 Å². The van der Waals surface area contributed by atoms with E-state index in [4.69, 9.17) is 11.0 Å². The Kier molecular flexibility index (Phi) is 3.90. The third kappa shape index (κ3) is 2.78. The van der Waals surface area contributed by atoms with Gasteiger partial charge in [0.1, 0.15) is 0 Å². The van der Waals surface area contributed by atoms with Gasteiger partial charge < -0.3 is 5.73 Å². The van der Waals surface area contributed by atoms with Crippen LogP contribution in [0.1, 0.15) is 24.0 Å². The number of hydrogen-bond acceptors (Lipinski definition) is 4. The quantitative estimate of drug-likeness (QED) is 0.874. The minimum absolute atomic E-state index is 0.0815. The molecule has 0 aliphatic carbocycles. The van der Waals surface area contributed by atoms with Crippen LogP contribution in [0.3, 0.4) is 0 Å². The third-order valence-corrected chi connectivity index (χ3v) is 5.47. The molecule has 0 amide bonds. The average molecular weight is 279 g/mol. The first-order valence-corrected chi connectivity index (χ1v) is 7.65. The van der Waals surface area contributed by atoms with E-state index in [0.717, 1.165) is 0 Å².